The first kappa shape index (κ1) is 20.6. The maximum atomic E-state index is 11.8. The summed E-state index contributed by atoms with van der Waals surface area (Å²) >= 11 is 0. The summed E-state index contributed by atoms with van der Waals surface area (Å²) < 4.78 is 10.5. The van der Waals surface area contributed by atoms with Crippen LogP contribution in [0.5, 0.6) is 11.5 Å². The maximum Gasteiger partial charge on any atom is 0.224 e. The SMILES string of the molecule is CCCC=CC=CC=CCCC(C(N)=O)c1ccc(OC)c(OC)c1. The molecule has 4 heteroatoms. The highest BCUT2D eigenvalue weighted by Crippen LogP contribution is 2.32. The zero-order chi connectivity index (χ0) is 18.5. The van der Waals surface area contributed by atoms with Gasteiger partial charge in [-0.2, -0.15) is 0 Å². The number of nitrogens with two attached hydrogens (primary N) is 1. The zero-order valence-electron chi connectivity index (χ0n) is 15.4. The van der Waals surface area contributed by atoms with E-state index in [0.29, 0.717) is 17.9 Å². The van der Waals surface area contributed by atoms with E-state index in [-0.39, 0.29) is 11.8 Å². The number of hydrogen-bond acceptors (Lipinski definition) is 3. The summed E-state index contributed by atoms with van der Waals surface area (Å²) in [7, 11) is 3.16. The first-order chi connectivity index (χ1) is 12.1. The van der Waals surface area contributed by atoms with E-state index in [2.05, 4.69) is 13.0 Å². The Balaban J connectivity index is 2.65. The van der Waals surface area contributed by atoms with Gasteiger partial charge in [-0.05, 0) is 37.0 Å². The number of benzene rings is 1. The summed E-state index contributed by atoms with van der Waals surface area (Å²) in [6.07, 6.45) is 15.9. The van der Waals surface area contributed by atoms with Crippen molar-refractivity contribution in [3.8, 4) is 11.5 Å². The lowest BCUT2D eigenvalue weighted by Gasteiger charge is -2.15. The Bertz CT molecular complexity index is 618. The second-order valence-electron chi connectivity index (χ2n) is 5.68. The Kier molecular flexibility index (Phi) is 9.83. The van der Waals surface area contributed by atoms with Gasteiger partial charge in [-0.3, -0.25) is 4.79 Å². The molecule has 1 unspecified atom stereocenters. The lowest BCUT2D eigenvalue weighted by Crippen LogP contribution is -2.21. The van der Waals surface area contributed by atoms with E-state index >= 15 is 0 Å². The van der Waals surface area contributed by atoms with Crippen molar-refractivity contribution in [3.63, 3.8) is 0 Å². The van der Waals surface area contributed by atoms with Crippen molar-refractivity contribution in [2.75, 3.05) is 14.2 Å². The Morgan fingerprint density at radius 2 is 1.68 bits per heavy atom. The molecule has 0 aliphatic heterocycles. The molecule has 1 amide bonds. The second kappa shape index (κ2) is 12.0. The quantitative estimate of drug-likeness (QED) is 0.601. The molecule has 0 bridgehead atoms. The summed E-state index contributed by atoms with van der Waals surface area (Å²) in [5, 5.41) is 0. The molecule has 0 aliphatic carbocycles. The highest BCUT2D eigenvalue weighted by atomic mass is 16.5. The third kappa shape index (κ3) is 7.29. The highest BCUT2D eigenvalue weighted by Gasteiger charge is 2.18. The van der Waals surface area contributed by atoms with Crippen LogP contribution in [-0.4, -0.2) is 20.1 Å². The Hall–Kier alpha value is -2.49. The van der Waals surface area contributed by atoms with Crippen molar-refractivity contribution < 1.29 is 14.3 Å². The van der Waals surface area contributed by atoms with Gasteiger partial charge in [0.2, 0.25) is 5.91 Å². The van der Waals surface area contributed by atoms with Gasteiger partial charge in [0.25, 0.3) is 0 Å². The monoisotopic (exact) mass is 343 g/mol. The van der Waals surface area contributed by atoms with Gasteiger partial charge in [-0.1, -0.05) is 55.9 Å². The first-order valence-corrected chi connectivity index (χ1v) is 8.63. The molecule has 1 atom stereocenters. The number of carbonyl (C=O) groups is 1. The molecule has 1 rings (SSSR count). The fraction of sp³-hybridized carbons (Fsp3) is 0.381. The molecule has 0 saturated carbocycles. The topological polar surface area (TPSA) is 61.6 Å². The Labute approximate surface area is 151 Å². The Morgan fingerprint density at radius 1 is 1.04 bits per heavy atom. The number of carbonyl (C=O) groups excluding carboxylic acids is 1. The Morgan fingerprint density at radius 3 is 2.24 bits per heavy atom. The lowest BCUT2D eigenvalue weighted by molar-refractivity contribution is -0.119. The molecule has 0 saturated heterocycles. The number of amides is 1. The third-order valence-corrected chi connectivity index (χ3v) is 3.84. The summed E-state index contributed by atoms with van der Waals surface area (Å²) in [5.74, 6) is 0.552. The van der Waals surface area contributed by atoms with Crippen molar-refractivity contribution in [1.82, 2.24) is 0 Å². The van der Waals surface area contributed by atoms with Crippen molar-refractivity contribution in [3.05, 3.63) is 60.2 Å². The maximum absolute atomic E-state index is 11.8. The van der Waals surface area contributed by atoms with Gasteiger partial charge in [0.15, 0.2) is 11.5 Å². The van der Waals surface area contributed by atoms with E-state index in [1.165, 1.54) is 0 Å². The van der Waals surface area contributed by atoms with Crippen molar-refractivity contribution in [2.45, 2.75) is 38.5 Å². The molecular weight excluding hydrogens is 314 g/mol. The van der Waals surface area contributed by atoms with Crippen LogP contribution in [0.4, 0.5) is 0 Å². The van der Waals surface area contributed by atoms with Crippen LogP contribution in [0.25, 0.3) is 0 Å². The number of primary amides is 1. The molecule has 0 fully saturated rings. The fourth-order valence-electron chi connectivity index (χ4n) is 2.45. The fourth-order valence-corrected chi connectivity index (χ4v) is 2.45. The summed E-state index contributed by atoms with van der Waals surface area (Å²) in [6, 6.07) is 5.47. The van der Waals surface area contributed by atoms with Crippen LogP contribution in [0.2, 0.25) is 0 Å². The molecule has 4 nitrogen and oxygen atoms in total. The number of allylic oxidation sites excluding steroid dienone is 6. The van der Waals surface area contributed by atoms with Crippen LogP contribution >= 0.6 is 0 Å². The van der Waals surface area contributed by atoms with Gasteiger partial charge in [0.05, 0.1) is 20.1 Å². The van der Waals surface area contributed by atoms with Crippen LogP contribution < -0.4 is 15.2 Å². The molecule has 1 aromatic rings. The van der Waals surface area contributed by atoms with E-state index in [4.69, 9.17) is 15.2 Å². The van der Waals surface area contributed by atoms with Gasteiger partial charge < -0.3 is 15.2 Å². The van der Waals surface area contributed by atoms with E-state index < -0.39 is 0 Å². The van der Waals surface area contributed by atoms with Crippen LogP contribution in [-0.2, 0) is 4.79 Å². The third-order valence-electron chi connectivity index (χ3n) is 3.84. The highest BCUT2D eigenvalue weighted by molar-refractivity contribution is 5.82. The van der Waals surface area contributed by atoms with Crippen molar-refractivity contribution >= 4 is 5.91 Å². The molecule has 0 heterocycles. The first-order valence-electron chi connectivity index (χ1n) is 8.63. The van der Waals surface area contributed by atoms with Gasteiger partial charge in [-0.15, -0.1) is 0 Å². The molecule has 0 radical (unpaired) electrons. The average molecular weight is 343 g/mol. The minimum Gasteiger partial charge on any atom is -0.493 e. The van der Waals surface area contributed by atoms with Gasteiger partial charge in [-0.25, -0.2) is 0 Å². The summed E-state index contributed by atoms with van der Waals surface area (Å²) in [4.78, 5) is 11.8. The molecular formula is C21H29NO3. The predicted octanol–water partition coefficient (Wildman–Crippen LogP) is 4.52. The van der Waals surface area contributed by atoms with Gasteiger partial charge in [0.1, 0.15) is 0 Å². The number of methoxy groups -OCH3 is 2. The summed E-state index contributed by atoms with van der Waals surface area (Å²) in [6.45, 7) is 2.15. The lowest BCUT2D eigenvalue weighted by atomic mass is 9.93. The summed E-state index contributed by atoms with van der Waals surface area (Å²) in [5.41, 5.74) is 6.43. The average Bonchev–Trinajstić information content (AvgIpc) is 2.62. The van der Waals surface area contributed by atoms with Crippen LogP contribution in [0.15, 0.2) is 54.7 Å². The normalized spacial score (nSPS) is 12.9. The minimum absolute atomic E-state index is 0.335. The molecule has 1 aromatic carbocycles. The molecule has 136 valence electrons. The van der Waals surface area contributed by atoms with E-state index in [1.54, 1.807) is 20.3 Å². The number of unbranched alkanes of at least 4 members (excludes halogenated alkanes) is 1. The second-order valence-corrected chi connectivity index (χ2v) is 5.68. The molecule has 0 aliphatic rings. The van der Waals surface area contributed by atoms with E-state index in [9.17, 15) is 4.79 Å². The van der Waals surface area contributed by atoms with Crippen molar-refractivity contribution in [2.24, 2.45) is 5.73 Å². The largest absolute Gasteiger partial charge is 0.493 e. The van der Waals surface area contributed by atoms with Crippen LogP contribution in [0.3, 0.4) is 0 Å². The van der Waals surface area contributed by atoms with Crippen molar-refractivity contribution in [1.29, 1.82) is 0 Å². The minimum atomic E-state index is -0.349. The zero-order valence-corrected chi connectivity index (χ0v) is 15.4. The number of rotatable bonds is 11. The molecule has 2 N–H and O–H groups in total. The smallest absolute Gasteiger partial charge is 0.224 e. The molecule has 0 spiro atoms. The molecule has 25 heavy (non-hydrogen) atoms. The van der Waals surface area contributed by atoms with Crippen LogP contribution in [0, 0.1) is 0 Å². The van der Waals surface area contributed by atoms with Crippen LogP contribution in [0.1, 0.15) is 44.1 Å². The number of hydrogen-bond donors (Lipinski definition) is 1. The van der Waals surface area contributed by atoms with Gasteiger partial charge >= 0.3 is 0 Å². The number of ether oxygens (including phenoxy) is 2. The predicted molar refractivity (Wildman–Crippen MR) is 103 cm³/mol. The van der Waals surface area contributed by atoms with E-state index in [1.807, 2.05) is 42.5 Å². The van der Waals surface area contributed by atoms with E-state index in [0.717, 1.165) is 24.8 Å². The standard InChI is InChI=1S/C21H29NO3/c1-4-5-6-7-8-9-10-11-12-13-18(21(22)23)17-14-15-19(24-2)20(16-17)25-3/h6-11,14-16,18H,4-5,12-13H2,1-3H3,(H2,22,23). The molecule has 0 aromatic heterocycles. The van der Waals surface area contributed by atoms with Gasteiger partial charge in [0, 0.05) is 0 Å².